The monoisotopic (exact) mass is 333 g/mol. The van der Waals surface area contributed by atoms with Gasteiger partial charge in [0, 0.05) is 25.0 Å². The number of halogens is 2. The Bertz CT molecular complexity index is 437. The van der Waals surface area contributed by atoms with Crippen molar-refractivity contribution in [3.63, 3.8) is 0 Å². The first-order valence-corrected chi connectivity index (χ1v) is 7.15. The Balaban J connectivity index is 0.00000200. The van der Waals surface area contributed by atoms with Crippen LogP contribution in [0.1, 0.15) is 42.1 Å². The van der Waals surface area contributed by atoms with Crippen LogP contribution in [0.3, 0.4) is 0 Å². The molecule has 1 aliphatic heterocycles. The number of piperidine rings is 1. The largest absolute Gasteiger partial charge is 0.336 e. The zero-order chi connectivity index (χ0) is 13.7. The van der Waals surface area contributed by atoms with Crippen molar-refractivity contribution in [2.45, 2.75) is 39.2 Å². The molecule has 0 saturated carbocycles. The molecule has 1 saturated heterocycles. The summed E-state index contributed by atoms with van der Waals surface area (Å²) in [5.74, 6) is 0.130. The first-order chi connectivity index (χ1) is 9.22. The zero-order valence-electron chi connectivity index (χ0n) is 12.7. The minimum atomic E-state index is 0. The molecular formula is C15H25Cl2N3O. The fourth-order valence-corrected chi connectivity index (χ4v) is 2.65. The Labute approximate surface area is 139 Å². The van der Waals surface area contributed by atoms with Crippen LogP contribution in [-0.2, 0) is 0 Å². The molecule has 4 nitrogen and oxygen atoms in total. The normalized spacial score (nSPS) is 14.8. The molecule has 1 N–H and O–H groups in total. The third kappa shape index (κ3) is 5.46. The molecule has 0 unspecified atom stereocenters. The molecule has 1 aromatic rings. The first kappa shape index (κ1) is 20.2. The van der Waals surface area contributed by atoms with E-state index in [0.29, 0.717) is 11.6 Å². The van der Waals surface area contributed by atoms with E-state index in [0.717, 1.165) is 44.5 Å². The number of carbonyl (C=O) groups is 1. The number of hydrogen-bond acceptors (Lipinski definition) is 3. The third-order valence-corrected chi connectivity index (χ3v) is 3.60. The molecule has 0 aliphatic carbocycles. The molecule has 0 atom stereocenters. The van der Waals surface area contributed by atoms with E-state index in [1.54, 1.807) is 12.4 Å². The molecular weight excluding hydrogens is 309 g/mol. The summed E-state index contributed by atoms with van der Waals surface area (Å²) in [7, 11) is 0. The van der Waals surface area contributed by atoms with Crippen LogP contribution in [0.25, 0.3) is 0 Å². The average Bonchev–Trinajstić information content (AvgIpc) is 2.45. The SMILES string of the molecule is CCCN(C(=O)c1cncc(C)c1)C1CCNCC1.Cl.Cl. The molecule has 1 fully saturated rings. The number of hydrogen-bond donors (Lipinski definition) is 1. The Morgan fingerprint density at radius 2 is 2.00 bits per heavy atom. The van der Waals surface area contributed by atoms with Crippen LogP contribution in [0.5, 0.6) is 0 Å². The highest BCUT2D eigenvalue weighted by atomic mass is 35.5. The summed E-state index contributed by atoms with van der Waals surface area (Å²) in [5.41, 5.74) is 1.75. The van der Waals surface area contributed by atoms with Gasteiger partial charge in [0.15, 0.2) is 0 Å². The average molecular weight is 334 g/mol. The van der Waals surface area contributed by atoms with E-state index in [-0.39, 0.29) is 30.7 Å². The van der Waals surface area contributed by atoms with Crippen molar-refractivity contribution in [2.75, 3.05) is 19.6 Å². The van der Waals surface area contributed by atoms with Crippen LogP contribution >= 0.6 is 24.8 Å². The summed E-state index contributed by atoms with van der Waals surface area (Å²) in [4.78, 5) is 18.8. The molecule has 2 rings (SSSR count). The fraction of sp³-hybridized carbons (Fsp3) is 0.600. The summed E-state index contributed by atoms with van der Waals surface area (Å²) < 4.78 is 0. The van der Waals surface area contributed by atoms with Gasteiger partial charge >= 0.3 is 0 Å². The molecule has 0 spiro atoms. The van der Waals surface area contributed by atoms with E-state index in [9.17, 15) is 4.79 Å². The van der Waals surface area contributed by atoms with Crippen LogP contribution in [0, 0.1) is 6.92 Å². The smallest absolute Gasteiger partial charge is 0.255 e. The van der Waals surface area contributed by atoms with Gasteiger partial charge in [-0.25, -0.2) is 0 Å². The van der Waals surface area contributed by atoms with Crippen molar-refractivity contribution in [2.24, 2.45) is 0 Å². The highest BCUT2D eigenvalue weighted by molar-refractivity contribution is 5.94. The lowest BCUT2D eigenvalue weighted by molar-refractivity contribution is 0.0642. The van der Waals surface area contributed by atoms with Gasteiger partial charge in [-0.3, -0.25) is 9.78 Å². The van der Waals surface area contributed by atoms with Crippen LogP contribution in [0.15, 0.2) is 18.5 Å². The van der Waals surface area contributed by atoms with E-state index in [1.165, 1.54) is 0 Å². The van der Waals surface area contributed by atoms with Gasteiger partial charge in [-0.05, 0) is 50.9 Å². The van der Waals surface area contributed by atoms with Crippen LogP contribution in [0.4, 0.5) is 0 Å². The predicted molar refractivity (Wildman–Crippen MR) is 90.7 cm³/mol. The molecule has 6 heteroatoms. The molecule has 0 radical (unpaired) electrons. The Morgan fingerprint density at radius 1 is 1.33 bits per heavy atom. The first-order valence-electron chi connectivity index (χ1n) is 7.15. The van der Waals surface area contributed by atoms with E-state index < -0.39 is 0 Å². The van der Waals surface area contributed by atoms with Gasteiger partial charge in [-0.2, -0.15) is 0 Å². The minimum Gasteiger partial charge on any atom is -0.336 e. The lowest BCUT2D eigenvalue weighted by atomic mass is 10.0. The van der Waals surface area contributed by atoms with Crippen molar-refractivity contribution in [3.05, 3.63) is 29.6 Å². The number of nitrogens with zero attached hydrogens (tertiary/aromatic N) is 2. The predicted octanol–water partition coefficient (Wildman–Crippen LogP) is 2.84. The third-order valence-electron chi connectivity index (χ3n) is 3.60. The molecule has 1 aliphatic rings. The second kappa shape index (κ2) is 9.98. The maximum atomic E-state index is 12.7. The van der Waals surface area contributed by atoms with E-state index >= 15 is 0 Å². The van der Waals surface area contributed by atoms with Crippen molar-refractivity contribution >= 4 is 30.7 Å². The molecule has 0 bridgehead atoms. The van der Waals surface area contributed by atoms with Gasteiger partial charge in [0.25, 0.3) is 5.91 Å². The highest BCUT2D eigenvalue weighted by Gasteiger charge is 2.25. The number of pyridine rings is 1. The molecule has 1 aromatic heterocycles. The Hall–Kier alpha value is -0.840. The molecule has 120 valence electrons. The van der Waals surface area contributed by atoms with E-state index in [4.69, 9.17) is 0 Å². The highest BCUT2D eigenvalue weighted by Crippen LogP contribution is 2.16. The standard InChI is InChI=1S/C15H23N3O.2ClH/c1-3-8-18(14-4-6-16-7-5-14)15(19)13-9-12(2)10-17-11-13;;/h9-11,14,16H,3-8H2,1-2H3;2*1H. The summed E-state index contributed by atoms with van der Waals surface area (Å²) >= 11 is 0. The summed E-state index contributed by atoms with van der Waals surface area (Å²) in [5, 5.41) is 3.35. The van der Waals surface area contributed by atoms with E-state index in [2.05, 4.69) is 17.2 Å². The van der Waals surface area contributed by atoms with Gasteiger partial charge in [0.1, 0.15) is 0 Å². The second-order valence-electron chi connectivity index (χ2n) is 5.23. The number of aryl methyl sites for hydroxylation is 1. The van der Waals surface area contributed by atoms with Crippen molar-refractivity contribution in [3.8, 4) is 0 Å². The molecule has 2 heterocycles. The summed E-state index contributed by atoms with van der Waals surface area (Å²) in [6.07, 6.45) is 6.55. The Kier molecular flexibility index (Phi) is 9.58. The number of amides is 1. The van der Waals surface area contributed by atoms with Crippen LogP contribution in [-0.4, -0.2) is 41.5 Å². The quantitative estimate of drug-likeness (QED) is 0.921. The lowest BCUT2D eigenvalue weighted by Crippen LogP contribution is -2.46. The van der Waals surface area contributed by atoms with Crippen LogP contribution < -0.4 is 5.32 Å². The number of nitrogens with one attached hydrogen (secondary N) is 1. The fourth-order valence-electron chi connectivity index (χ4n) is 2.65. The van der Waals surface area contributed by atoms with Gasteiger partial charge in [-0.1, -0.05) is 6.92 Å². The topological polar surface area (TPSA) is 45.2 Å². The molecule has 21 heavy (non-hydrogen) atoms. The Morgan fingerprint density at radius 3 is 2.57 bits per heavy atom. The van der Waals surface area contributed by atoms with Gasteiger partial charge in [0.05, 0.1) is 5.56 Å². The van der Waals surface area contributed by atoms with Crippen molar-refractivity contribution in [1.29, 1.82) is 0 Å². The van der Waals surface area contributed by atoms with E-state index in [1.807, 2.05) is 17.9 Å². The molecule has 1 amide bonds. The zero-order valence-corrected chi connectivity index (χ0v) is 14.3. The number of carbonyl (C=O) groups excluding carboxylic acids is 1. The maximum Gasteiger partial charge on any atom is 0.255 e. The number of rotatable bonds is 4. The summed E-state index contributed by atoms with van der Waals surface area (Å²) in [6, 6.07) is 2.30. The lowest BCUT2D eigenvalue weighted by Gasteiger charge is -2.34. The van der Waals surface area contributed by atoms with Gasteiger partial charge < -0.3 is 10.2 Å². The second-order valence-corrected chi connectivity index (χ2v) is 5.23. The van der Waals surface area contributed by atoms with Gasteiger partial charge in [0.2, 0.25) is 0 Å². The van der Waals surface area contributed by atoms with Crippen molar-refractivity contribution in [1.82, 2.24) is 15.2 Å². The van der Waals surface area contributed by atoms with Crippen molar-refractivity contribution < 1.29 is 4.79 Å². The number of aromatic nitrogens is 1. The van der Waals surface area contributed by atoms with Gasteiger partial charge in [-0.15, -0.1) is 24.8 Å². The molecule has 0 aromatic carbocycles. The minimum absolute atomic E-state index is 0. The maximum absolute atomic E-state index is 12.7. The summed E-state index contributed by atoms with van der Waals surface area (Å²) in [6.45, 7) is 6.93. The van der Waals surface area contributed by atoms with Crippen LogP contribution in [0.2, 0.25) is 0 Å².